The lowest BCUT2D eigenvalue weighted by Gasteiger charge is -2.10. The first-order chi connectivity index (χ1) is 11.1. The van der Waals surface area contributed by atoms with E-state index in [0.717, 1.165) is 16.9 Å². The van der Waals surface area contributed by atoms with Gasteiger partial charge in [0, 0.05) is 11.4 Å². The van der Waals surface area contributed by atoms with Crippen LogP contribution in [0.3, 0.4) is 0 Å². The summed E-state index contributed by atoms with van der Waals surface area (Å²) in [5.74, 6) is -0.481. The Hall–Kier alpha value is -2.82. The highest BCUT2D eigenvalue weighted by molar-refractivity contribution is 5.94. The Bertz CT molecular complexity index is 681. The number of amides is 1. The molecule has 0 radical (unpaired) electrons. The number of nitrogens with one attached hydrogen (secondary N) is 2. The van der Waals surface area contributed by atoms with Gasteiger partial charge < -0.3 is 15.4 Å². The molecule has 0 bridgehead atoms. The summed E-state index contributed by atoms with van der Waals surface area (Å²) in [6, 6.07) is 14.4. The highest BCUT2D eigenvalue weighted by Crippen LogP contribution is 2.13. The maximum absolute atomic E-state index is 12.0. The summed E-state index contributed by atoms with van der Waals surface area (Å²) in [6.07, 6.45) is 0. The van der Waals surface area contributed by atoms with Gasteiger partial charge in [-0.15, -0.1) is 0 Å². The lowest BCUT2D eigenvalue weighted by Crippen LogP contribution is -2.22. The van der Waals surface area contributed by atoms with Crippen molar-refractivity contribution in [1.82, 2.24) is 0 Å². The van der Waals surface area contributed by atoms with Crippen LogP contribution in [0.1, 0.15) is 22.8 Å². The molecule has 0 saturated carbocycles. The largest absolute Gasteiger partial charge is 0.462 e. The number of aryl methyl sites for hydroxylation is 1. The van der Waals surface area contributed by atoms with Gasteiger partial charge in [0.1, 0.15) is 0 Å². The number of carbonyl (C=O) groups excluding carboxylic acids is 2. The van der Waals surface area contributed by atoms with E-state index in [9.17, 15) is 9.59 Å². The van der Waals surface area contributed by atoms with Crippen LogP contribution in [0.15, 0.2) is 48.5 Å². The minimum atomic E-state index is -0.351. The van der Waals surface area contributed by atoms with Gasteiger partial charge in [-0.05, 0) is 49.7 Å². The Kier molecular flexibility index (Phi) is 5.74. The van der Waals surface area contributed by atoms with Crippen LogP contribution in [0.4, 0.5) is 11.4 Å². The Balaban J connectivity index is 1.87. The summed E-state index contributed by atoms with van der Waals surface area (Å²) < 4.78 is 4.92. The molecule has 2 aromatic carbocycles. The molecule has 0 spiro atoms. The fourth-order valence-corrected chi connectivity index (χ4v) is 2.03. The van der Waals surface area contributed by atoms with Crippen molar-refractivity contribution >= 4 is 23.3 Å². The van der Waals surface area contributed by atoms with Crippen molar-refractivity contribution in [2.45, 2.75) is 13.8 Å². The van der Waals surface area contributed by atoms with Crippen molar-refractivity contribution in [1.29, 1.82) is 0 Å². The van der Waals surface area contributed by atoms with Gasteiger partial charge >= 0.3 is 5.97 Å². The molecular weight excluding hydrogens is 292 g/mol. The molecule has 0 fully saturated rings. The molecule has 0 atom stereocenters. The summed E-state index contributed by atoms with van der Waals surface area (Å²) in [5, 5.41) is 5.87. The number of hydrogen-bond donors (Lipinski definition) is 2. The smallest absolute Gasteiger partial charge is 0.338 e. The highest BCUT2D eigenvalue weighted by atomic mass is 16.5. The van der Waals surface area contributed by atoms with Crippen molar-refractivity contribution in [2.75, 3.05) is 23.8 Å². The van der Waals surface area contributed by atoms with Gasteiger partial charge in [0.25, 0.3) is 0 Å². The molecule has 0 aliphatic rings. The SMILES string of the molecule is CCOC(=O)c1ccc(NCC(=O)Nc2ccccc2C)cc1. The summed E-state index contributed by atoms with van der Waals surface area (Å²) in [7, 11) is 0. The Labute approximate surface area is 135 Å². The van der Waals surface area contributed by atoms with Gasteiger partial charge in [0.15, 0.2) is 0 Å². The third-order valence-corrected chi connectivity index (χ3v) is 3.27. The second kappa shape index (κ2) is 7.98. The minimum Gasteiger partial charge on any atom is -0.462 e. The average molecular weight is 312 g/mol. The first kappa shape index (κ1) is 16.5. The molecule has 2 aromatic rings. The molecule has 120 valence electrons. The number of carbonyl (C=O) groups is 2. The second-order valence-electron chi connectivity index (χ2n) is 5.01. The molecule has 5 heteroatoms. The van der Waals surface area contributed by atoms with E-state index in [0.29, 0.717) is 12.2 Å². The quantitative estimate of drug-likeness (QED) is 0.804. The van der Waals surface area contributed by atoms with Crippen molar-refractivity contribution in [2.24, 2.45) is 0 Å². The van der Waals surface area contributed by atoms with E-state index in [2.05, 4.69) is 10.6 Å². The van der Waals surface area contributed by atoms with Crippen LogP contribution in [-0.4, -0.2) is 25.0 Å². The van der Waals surface area contributed by atoms with Gasteiger partial charge in [-0.1, -0.05) is 18.2 Å². The Morgan fingerprint density at radius 2 is 1.74 bits per heavy atom. The van der Waals surface area contributed by atoms with Crippen LogP contribution >= 0.6 is 0 Å². The van der Waals surface area contributed by atoms with E-state index in [1.54, 1.807) is 31.2 Å². The Morgan fingerprint density at radius 1 is 1.04 bits per heavy atom. The normalized spacial score (nSPS) is 10.0. The molecular formula is C18H20N2O3. The number of rotatable bonds is 6. The number of ether oxygens (including phenoxy) is 1. The molecule has 0 saturated heterocycles. The van der Waals surface area contributed by atoms with Gasteiger partial charge in [0.2, 0.25) is 5.91 Å². The fraction of sp³-hybridized carbons (Fsp3) is 0.222. The van der Waals surface area contributed by atoms with Gasteiger partial charge in [-0.3, -0.25) is 4.79 Å². The van der Waals surface area contributed by atoms with Crippen LogP contribution in [-0.2, 0) is 9.53 Å². The monoisotopic (exact) mass is 312 g/mol. The second-order valence-corrected chi connectivity index (χ2v) is 5.01. The highest BCUT2D eigenvalue weighted by Gasteiger charge is 2.07. The number of para-hydroxylation sites is 1. The van der Waals surface area contributed by atoms with Crippen molar-refractivity contribution in [3.8, 4) is 0 Å². The molecule has 0 aromatic heterocycles. The van der Waals surface area contributed by atoms with Crippen molar-refractivity contribution < 1.29 is 14.3 Å². The molecule has 0 aliphatic heterocycles. The van der Waals surface area contributed by atoms with E-state index in [4.69, 9.17) is 4.74 Å². The van der Waals surface area contributed by atoms with E-state index >= 15 is 0 Å². The zero-order chi connectivity index (χ0) is 16.7. The van der Waals surface area contributed by atoms with E-state index < -0.39 is 0 Å². The first-order valence-corrected chi connectivity index (χ1v) is 7.46. The molecule has 2 rings (SSSR count). The lowest BCUT2D eigenvalue weighted by atomic mass is 10.2. The average Bonchev–Trinajstić information content (AvgIpc) is 2.56. The predicted octanol–water partition coefficient (Wildman–Crippen LogP) is 3.22. The van der Waals surface area contributed by atoms with Crippen molar-refractivity contribution in [3.05, 3.63) is 59.7 Å². The van der Waals surface area contributed by atoms with Gasteiger partial charge in [-0.25, -0.2) is 4.79 Å². The molecule has 2 N–H and O–H groups in total. The van der Waals surface area contributed by atoms with Crippen LogP contribution in [0, 0.1) is 6.92 Å². The lowest BCUT2D eigenvalue weighted by molar-refractivity contribution is -0.114. The molecule has 5 nitrogen and oxygen atoms in total. The van der Waals surface area contributed by atoms with Crippen LogP contribution in [0.25, 0.3) is 0 Å². The fourth-order valence-electron chi connectivity index (χ4n) is 2.03. The molecule has 0 heterocycles. The van der Waals surface area contributed by atoms with Crippen LogP contribution in [0.5, 0.6) is 0 Å². The zero-order valence-corrected chi connectivity index (χ0v) is 13.3. The number of hydrogen-bond acceptors (Lipinski definition) is 4. The molecule has 1 amide bonds. The van der Waals surface area contributed by atoms with Gasteiger partial charge in [-0.2, -0.15) is 0 Å². The maximum atomic E-state index is 12.0. The van der Waals surface area contributed by atoms with Crippen molar-refractivity contribution in [3.63, 3.8) is 0 Å². The number of esters is 1. The maximum Gasteiger partial charge on any atom is 0.338 e. The summed E-state index contributed by atoms with van der Waals surface area (Å²) >= 11 is 0. The number of benzene rings is 2. The number of anilines is 2. The third-order valence-electron chi connectivity index (χ3n) is 3.27. The minimum absolute atomic E-state index is 0.131. The third kappa shape index (κ3) is 4.85. The van der Waals surface area contributed by atoms with Gasteiger partial charge in [0.05, 0.1) is 18.7 Å². The van der Waals surface area contributed by atoms with E-state index in [1.807, 2.05) is 31.2 Å². The molecule has 0 aliphatic carbocycles. The van der Waals surface area contributed by atoms with E-state index in [1.165, 1.54) is 0 Å². The first-order valence-electron chi connectivity index (χ1n) is 7.46. The summed E-state index contributed by atoms with van der Waals surface area (Å²) in [5.41, 5.74) is 3.07. The topological polar surface area (TPSA) is 67.4 Å². The summed E-state index contributed by atoms with van der Waals surface area (Å²) in [6.45, 7) is 4.20. The van der Waals surface area contributed by atoms with Crippen LogP contribution in [0.2, 0.25) is 0 Å². The molecule has 23 heavy (non-hydrogen) atoms. The predicted molar refractivity (Wildman–Crippen MR) is 90.7 cm³/mol. The van der Waals surface area contributed by atoms with E-state index in [-0.39, 0.29) is 18.4 Å². The summed E-state index contributed by atoms with van der Waals surface area (Å²) in [4.78, 5) is 23.5. The molecule has 0 unspecified atom stereocenters. The zero-order valence-electron chi connectivity index (χ0n) is 13.3. The van der Waals surface area contributed by atoms with Crippen LogP contribution < -0.4 is 10.6 Å². The standard InChI is InChI=1S/C18H20N2O3/c1-3-23-18(22)14-8-10-15(11-9-14)19-12-17(21)20-16-7-5-4-6-13(16)2/h4-11,19H,3,12H2,1-2H3,(H,20,21). The Morgan fingerprint density at radius 3 is 2.39 bits per heavy atom.